The Morgan fingerprint density at radius 1 is 1.12 bits per heavy atom. The molecule has 43 heavy (non-hydrogen) atoms. The summed E-state index contributed by atoms with van der Waals surface area (Å²) in [7, 11) is -4.74. The van der Waals surface area contributed by atoms with Crippen LogP contribution in [-0.4, -0.2) is 82.7 Å². The van der Waals surface area contributed by atoms with Crippen molar-refractivity contribution < 1.29 is 42.2 Å². The smallest absolute Gasteiger partial charge is 0.435 e. The fraction of sp³-hybridized carbons (Fsp3) is 0.609. The summed E-state index contributed by atoms with van der Waals surface area (Å²) in [6.07, 6.45) is -3.22. The van der Waals surface area contributed by atoms with Gasteiger partial charge in [0.05, 0.1) is 31.7 Å². The Morgan fingerprint density at radius 3 is 2.53 bits per heavy atom. The molecule has 2 aliphatic heterocycles. The predicted octanol–water partition coefficient (Wildman–Crippen LogP) is 0.691. The first-order valence-corrected chi connectivity index (χ1v) is 14.9. The Morgan fingerprint density at radius 2 is 1.81 bits per heavy atom. The first-order chi connectivity index (χ1) is 20.5. The Hall–Kier alpha value is -3.74. The minimum Gasteiger partial charge on any atom is -0.435 e. The molecule has 0 aliphatic carbocycles. The van der Waals surface area contributed by atoms with Crippen LogP contribution in [-0.2, 0) is 32.6 Å². The number of phosphoric ester groups is 1. The molecule has 3 aromatic rings. The zero-order valence-corrected chi connectivity index (χ0v) is 24.3. The van der Waals surface area contributed by atoms with Crippen LogP contribution >= 0.6 is 7.82 Å². The SMILES string of the molecule is CCOC(=O)O[C@@H]1C[C@H](n2cnc3c(=O)[nH]c(C)nc32)O[C@@H]1COP(=O)(O)O[C@@H]1C[C@H](n2cnc(N)nc2=O)O[C@@H]1CC. The van der Waals surface area contributed by atoms with Gasteiger partial charge in [-0.05, 0) is 20.3 Å². The molecule has 3 aromatic heterocycles. The Bertz CT molecular complexity index is 1640. The highest BCUT2D eigenvalue weighted by Gasteiger charge is 2.44. The van der Waals surface area contributed by atoms with Crippen LogP contribution in [0.2, 0.25) is 0 Å². The second kappa shape index (κ2) is 12.5. The van der Waals surface area contributed by atoms with Crippen LogP contribution in [0, 0.1) is 6.92 Å². The average Bonchev–Trinajstić information content (AvgIpc) is 3.64. The highest BCUT2D eigenvalue weighted by atomic mass is 31.2. The van der Waals surface area contributed by atoms with Gasteiger partial charge in [0, 0.05) is 12.8 Å². The third-order valence-corrected chi connectivity index (χ3v) is 7.87. The predicted molar refractivity (Wildman–Crippen MR) is 143 cm³/mol. The number of hydrogen-bond acceptors (Lipinski definition) is 15. The third-order valence-electron chi connectivity index (χ3n) is 6.86. The molecule has 0 aromatic carbocycles. The number of aromatic nitrogens is 7. The fourth-order valence-electron chi connectivity index (χ4n) is 4.93. The standard InChI is InChI=1S/C23H31N8O11P/c1-4-12-14(7-17(39-12)31-10-26-21(24)29-22(31)33)42-43(35,36)38-8-15-13(41-23(34)37-5-2)6-16(40-15)30-9-25-18-19(30)27-11(3)28-20(18)32/h9-10,12-17H,4-8H2,1-3H3,(H,35,36)(H2,24,29,33)(H,27,28,32)/t12-,13-,14-,15-,16-,17-/m1/s1. The molecule has 0 radical (unpaired) electrons. The lowest BCUT2D eigenvalue weighted by molar-refractivity contribution is -0.0588. The second-order valence-electron chi connectivity index (χ2n) is 9.77. The number of nitrogens with two attached hydrogens (primary N) is 1. The highest BCUT2D eigenvalue weighted by Crippen LogP contribution is 2.49. The number of H-pyrrole nitrogens is 1. The van der Waals surface area contributed by atoms with Crippen molar-refractivity contribution in [3.05, 3.63) is 39.3 Å². The van der Waals surface area contributed by atoms with Crippen molar-refractivity contribution in [3.63, 3.8) is 0 Å². The molecule has 5 rings (SSSR count). The molecule has 234 valence electrons. The van der Waals surface area contributed by atoms with Gasteiger partial charge in [0.25, 0.3) is 5.56 Å². The number of nitrogens with zero attached hydrogens (tertiary/aromatic N) is 6. The molecule has 1 unspecified atom stereocenters. The molecule has 2 aliphatic rings. The monoisotopic (exact) mass is 626 g/mol. The topological polar surface area (TPSA) is 247 Å². The molecule has 0 amide bonds. The summed E-state index contributed by atoms with van der Waals surface area (Å²) in [4.78, 5) is 65.6. The molecule has 4 N–H and O–H groups in total. The number of carbonyl (C=O) groups excluding carboxylic acids is 1. The van der Waals surface area contributed by atoms with E-state index in [1.165, 1.54) is 17.2 Å². The van der Waals surface area contributed by atoms with E-state index in [0.717, 1.165) is 4.57 Å². The maximum Gasteiger partial charge on any atom is 0.508 e. The van der Waals surface area contributed by atoms with Gasteiger partial charge in [-0.2, -0.15) is 4.98 Å². The molecule has 5 heterocycles. The average molecular weight is 627 g/mol. The molecule has 19 nitrogen and oxygen atoms in total. The summed E-state index contributed by atoms with van der Waals surface area (Å²) in [6.45, 7) is 4.54. The summed E-state index contributed by atoms with van der Waals surface area (Å²) in [5.74, 6) is 0.155. The Balaban J connectivity index is 1.28. The van der Waals surface area contributed by atoms with Crippen molar-refractivity contribution in [1.29, 1.82) is 0 Å². The third kappa shape index (κ3) is 6.76. The quantitative estimate of drug-likeness (QED) is 0.207. The van der Waals surface area contributed by atoms with Crippen molar-refractivity contribution in [2.24, 2.45) is 0 Å². The van der Waals surface area contributed by atoms with Crippen molar-refractivity contribution in [2.45, 2.75) is 76.9 Å². The fourth-order valence-corrected chi connectivity index (χ4v) is 5.89. The van der Waals surface area contributed by atoms with Crippen molar-refractivity contribution >= 4 is 31.1 Å². The maximum atomic E-state index is 13.0. The second-order valence-corrected chi connectivity index (χ2v) is 11.2. The van der Waals surface area contributed by atoms with E-state index in [0.29, 0.717) is 12.2 Å². The summed E-state index contributed by atoms with van der Waals surface area (Å²) in [6, 6.07) is 0. The van der Waals surface area contributed by atoms with E-state index in [1.807, 2.05) is 0 Å². The maximum absolute atomic E-state index is 13.0. The van der Waals surface area contributed by atoms with Gasteiger partial charge in [-0.3, -0.25) is 23.0 Å². The van der Waals surface area contributed by atoms with Crippen molar-refractivity contribution in [1.82, 2.24) is 34.1 Å². The van der Waals surface area contributed by atoms with E-state index < -0.39 is 68.7 Å². The van der Waals surface area contributed by atoms with E-state index in [2.05, 4.69) is 24.9 Å². The number of hydrogen-bond donors (Lipinski definition) is 3. The van der Waals surface area contributed by atoms with Gasteiger partial charge < -0.3 is 34.6 Å². The number of anilines is 1. The largest absolute Gasteiger partial charge is 0.508 e. The summed E-state index contributed by atoms with van der Waals surface area (Å²) >= 11 is 0. The molecular weight excluding hydrogens is 595 g/mol. The lowest BCUT2D eigenvalue weighted by Crippen LogP contribution is -2.31. The first kappa shape index (κ1) is 30.7. The number of ether oxygens (including phenoxy) is 4. The first-order valence-electron chi connectivity index (χ1n) is 13.4. The van der Waals surface area contributed by atoms with Gasteiger partial charge in [-0.15, -0.1) is 0 Å². The number of rotatable bonds is 10. The number of phosphoric acid groups is 1. The van der Waals surface area contributed by atoms with Gasteiger partial charge in [-0.1, -0.05) is 6.92 Å². The number of imidazole rings is 1. The molecule has 7 atom stereocenters. The minimum absolute atomic E-state index is 0.0233. The van der Waals surface area contributed by atoms with E-state index in [1.54, 1.807) is 20.8 Å². The lowest BCUT2D eigenvalue weighted by atomic mass is 10.1. The molecular formula is C23H31N8O11P. The van der Waals surface area contributed by atoms with Gasteiger partial charge in [-0.25, -0.2) is 29.1 Å². The Kier molecular flexibility index (Phi) is 8.91. The molecule has 2 saturated heterocycles. The highest BCUT2D eigenvalue weighted by molar-refractivity contribution is 7.47. The van der Waals surface area contributed by atoms with E-state index >= 15 is 0 Å². The van der Waals surface area contributed by atoms with Gasteiger partial charge in [0.2, 0.25) is 5.95 Å². The van der Waals surface area contributed by atoms with Gasteiger partial charge >= 0.3 is 19.7 Å². The number of nitrogens with one attached hydrogen (secondary N) is 1. The Labute approximate surface area is 242 Å². The number of fused-ring (bicyclic) bond motifs is 1. The van der Waals surface area contributed by atoms with Gasteiger partial charge in [0.15, 0.2) is 11.2 Å². The molecule has 0 spiro atoms. The van der Waals surface area contributed by atoms with Crippen LogP contribution in [0.3, 0.4) is 0 Å². The molecule has 0 saturated carbocycles. The molecule has 20 heteroatoms. The summed E-state index contributed by atoms with van der Waals surface area (Å²) in [5, 5.41) is 0. The van der Waals surface area contributed by atoms with Crippen LogP contribution in [0.15, 0.2) is 22.2 Å². The molecule has 2 fully saturated rings. The number of nitrogen functional groups attached to an aromatic ring is 1. The zero-order valence-electron chi connectivity index (χ0n) is 23.4. The lowest BCUT2D eigenvalue weighted by Gasteiger charge is -2.23. The van der Waals surface area contributed by atoms with E-state index in [4.69, 9.17) is 33.7 Å². The van der Waals surface area contributed by atoms with E-state index in [9.17, 15) is 23.8 Å². The van der Waals surface area contributed by atoms with Gasteiger partial charge in [0.1, 0.15) is 36.8 Å². The number of aromatic amines is 1. The van der Waals surface area contributed by atoms with Crippen LogP contribution in [0.4, 0.5) is 10.7 Å². The summed E-state index contributed by atoms with van der Waals surface area (Å²) < 4.78 is 48.5. The molecule has 0 bridgehead atoms. The van der Waals surface area contributed by atoms with Crippen LogP contribution < -0.4 is 17.0 Å². The van der Waals surface area contributed by atoms with E-state index in [-0.39, 0.29) is 36.6 Å². The number of carbonyl (C=O) groups is 1. The zero-order chi connectivity index (χ0) is 30.9. The normalized spacial score (nSPS) is 26.9. The van der Waals surface area contributed by atoms with Crippen molar-refractivity contribution in [2.75, 3.05) is 18.9 Å². The van der Waals surface area contributed by atoms with Crippen LogP contribution in [0.1, 0.15) is 51.4 Å². The summed E-state index contributed by atoms with van der Waals surface area (Å²) in [5.41, 5.74) is 4.64. The minimum atomic E-state index is -4.74. The van der Waals surface area contributed by atoms with Crippen LogP contribution in [0.25, 0.3) is 11.2 Å². The van der Waals surface area contributed by atoms with Crippen molar-refractivity contribution in [3.8, 4) is 0 Å². The number of aryl methyl sites for hydroxylation is 1. The van der Waals surface area contributed by atoms with Crippen LogP contribution in [0.5, 0.6) is 0 Å².